The minimum atomic E-state index is -0.552. The van der Waals surface area contributed by atoms with Gasteiger partial charge in [0.25, 0.3) is 11.6 Å². The Kier molecular flexibility index (Phi) is 3.90. The Hall–Kier alpha value is -2.96. The molecule has 0 atom stereocenters. The fourth-order valence-electron chi connectivity index (χ4n) is 1.59. The number of carbonyl (C=O) groups excluding carboxylic acids is 1. The lowest BCUT2D eigenvalue weighted by Crippen LogP contribution is -2.17. The van der Waals surface area contributed by atoms with E-state index in [-0.39, 0.29) is 11.3 Å². The summed E-state index contributed by atoms with van der Waals surface area (Å²) in [6, 6.07) is 9.15. The van der Waals surface area contributed by atoms with Crippen molar-refractivity contribution in [3.63, 3.8) is 0 Å². The van der Waals surface area contributed by atoms with Crippen molar-refractivity contribution in [1.82, 2.24) is 9.99 Å². The molecule has 1 heterocycles. The van der Waals surface area contributed by atoms with Gasteiger partial charge < -0.3 is 4.57 Å². The molecule has 2 rings (SSSR count). The molecule has 0 radical (unpaired) electrons. The topological polar surface area (TPSA) is 89.5 Å². The number of hydrazone groups is 1. The van der Waals surface area contributed by atoms with E-state index < -0.39 is 10.8 Å². The molecular formula is C13H12N4O3. The van der Waals surface area contributed by atoms with Crippen LogP contribution < -0.4 is 5.43 Å². The Morgan fingerprint density at radius 2 is 2.20 bits per heavy atom. The van der Waals surface area contributed by atoms with Crippen LogP contribution in [-0.4, -0.2) is 21.6 Å². The van der Waals surface area contributed by atoms with Crippen LogP contribution in [-0.2, 0) is 7.05 Å². The monoisotopic (exact) mass is 272 g/mol. The standard InChI is InChI=1S/C13H12N4O3/c1-16-7-3-6-12(16)9-14-15-13(18)10-4-2-5-11(8-10)17(19)20/h2-9H,1H3,(H,15,18)/b14-9+. The second-order valence-electron chi connectivity index (χ2n) is 4.05. The molecule has 0 unspecified atom stereocenters. The van der Waals surface area contributed by atoms with E-state index in [1.165, 1.54) is 30.5 Å². The maximum Gasteiger partial charge on any atom is 0.271 e. The molecule has 0 spiro atoms. The maximum absolute atomic E-state index is 11.8. The molecule has 1 aromatic heterocycles. The Morgan fingerprint density at radius 1 is 1.40 bits per heavy atom. The van der Waals surface area contributed by atoms with E-state index in [1.54, 1.807) is 0 Å². The molecule has 0 aliphatic carbocycles. The Labute approximate surface area is 114 Å². The molecule has 102 valence electrons. The summed E-state index contributed by atoms with van der Waals surface area (Å²) >= 11 is 0. The molecule has 2 aromatic rings. The fraction of sp³-hybridized carbons (Fsp3) is 0.0769. The summed E-state index contributed by atoms with van der Waals surface area (Å²) in [5.41, 5.74) is 3.20. The van der Waals surface area contributed by atoms with E-state index in [2.05, 4.69) is 10.5 Å². The van der Waals surface area contributed by atoms with E-state index in [0.717, 1.165) is 5.69 Å². The van der Waals surface area contributed by atoms with Crippen molar-refractivity contribution in [2.75, 3.05) is 0 Å². The lowest BCUT2D eigenvalue weighted by atomic mass is 10.2. The average Bonchev–Trinajstić information content (AvgIpc) is 2.84. The molecular weight excluding hydrogens is 260 g/mol. The van der Waals surface area contributed by atoms with Gasteiger partial charge in [-0.1, -0.05) is 6.07 Å². The number of rotatable bonds is 4. The van der Waals surface area contributed by atoms with E-state index in [4.69, 9.17) is 0 Å². The van der Waals surface area contributed by atoms with Crippen molar-refractivity contribution in [1.29, 1.82) is 0 Å². The first-order valence-electron chi connectivity index (χ1n) is 5.77. The number of aromatic nitrogens is 1. The summed E-state index contributed by atoms with van der Waals surface area (Å²) < 4.78 is 1.84. The first-order chi connectivity index (χ1) is 9.58. The molecule has 7 heteroatoms. The number of aryl methyl sites for hydroxylation is 1. The summed E-state index contributed by atoms with van der Waals surface area (Å²) in [7, 11) is 1.85. The van der Waals surface area contributed by atoms with Gasteiger partial charge in [0, 0.05) is 30.9 Å². The fourth-order valence-corrected chi connectivity index (χ4v) is 1.59. The smallest absolute Gasteiger partial charge is 0.271 e. The third kappa shape index (κ3) is 3.08. The van der Waals surface area contributed by atoms with Crippen LogP contribution in [0.3, 0.4) is 0 Å². The molecule has 0 saturated carbocycles. The molecule has 0 bridgehead atoms. The summed E-state index contributed by atoms with van der Waals surface area (Å²) in [5.74, 6) is -0.501. The zero-order chi connectivity index (χ0) is 14.5. The van der Waals surface area contributed by atoms with Crippen LogP contribution in [0.5, 0.6) is 0 Å². The molecule has 20 heavy (non-hydrogen) atoms. The lowest BCUT2D eigenvalue weighted by molar-refractivity contribution is -0.384. The summed E-state index contributed by atoms with van der Waals surface area (Å²) in [6.45, 7) is 0. The highest BCUT2D eigenvalue weighted by molar-refractivity contribution is 5.95. The van der Waals surface area contributed by atoms with Crippen molar-refractivity contribution in [3.8, 4) is 0 Å². The number of hydrogen-bond donors (Lipinski definition) is 1. The zero-order valence-electron chi connectivity index (χ0n) is 10.7. The molecule has 0 aliphatic rings. The van der Waals surface area contributed by atoms with E-state index >= 15 is 0 Å². The zero-order valence-corrected chi connectivity index (χ0v) is 10.7. The normalized spacial score (nSPS) is 10.7. The highest BCUT2D eigenvalue weighted by atomic mass is 16.6. The number of nitro benzene ring substituents is 1. The maximum atomic E-state index is 11.8. The third-order valence-corrected chi connectivity index (χ3v) is 2.67. The van der Waals surface area contributed by atoms with Gasteiger partial charge in [-0.15, -0.1) is 0 Å². The Morgan fingerprint density at radius 3 is 2.85 bits per heavy atom. The van der Waals surface area contributed by atoms with E-state index in [1.807, 2.05) is 29.9 Å². The molecule has 1 N–H and O–H groups in total. The van der Waals surface area contributed by atoms with Crippen molar-refractivity contribution in [3.05, 3.63) is 64.0 Å². The number of nitro groups is 1. The number of hydrogen-bond acceptors (Lipinski definition) is 4. The van der Waals surface area contributed by atoms with Crippen LogP contribution in [0.25, 0.3) is 0 Å². The minimum Gasteiger partial charge on any atom is -0.350 e. The third-order valence-electron chi connectivity index (χ3n) is 2.67. The predicted molar refractivity (Wildman–Crippen MR) is 73.6 cm³/mol. The number of benzene rings is 1. The van der Waals surface area contributed by atoms with Crippen molar-refractivity contribution >= 4 is 17.8 Å². The highest BCUT2D eigenvalue weighted by Gasteiger charge is 2.10. The molecule has 7 nitrogen and oxygen atoms in total. The van der Waals surface area contributed by atoms with Gasteiger partial charge in [-0.25, -0.2) is 5.43 Å². The number of nitrogens with zero attached hydrogens (tertiary/aromatic N) is 3. The van der Waals surface area contributed by atoms with Gasteiger partial charge in [0.05, 0.1) is 16.8 Å². The first-order valence-corrected chi connectivity index (χ1v) is 5.77. The molecule has 0 fully saturated rings. The quantitative estimate of drug-likeness (QED) is 0.521. The van der Waals surface area contributed by atoms with Crippen LogP contribution in [0.1, 0.15) is 16.1 Å². The van der Waals surface area contributed by atoms with Gasteiger partial charge >= 0.3 is 0 Å². The molecule has 1 aromatic carbocycles. The molecule has 1 amide bonds. The van der Waals surface area contributed by atoms with Gasteiger partial charge in [0.2, 0.25) is 0 Å². The van der Waals surface area contributed by atoms with Gasteiger partial charge in [-0.05, 0) is 18.2 Å². The summed E-state index contributed by atoms with van der Waals surface area (Å²) in [6.07, 6.45) is 3.35. The average molecular weight is 272 g/mol. The number of carbonyl (C=O) groups is 1. The largest absolute Gasteiger partial charge is 0.350 e. The summed E-state index contributed by atoms with van der Waals surface area (Å²) in [5, 5.41) is 14.4. The Balaban J connectivity index is 2.05. The van der Waals surface area contributed by atoms with Gasteiger partial charge in [-0.3, -0.25) is 14.9 Å². The predicted octanol–water partition coefficient (Wildman–Crippen LogP) is 1.70. The van der Waals surface area contributed by atoms with Crippen LogP contribution in [0, 0.1) is 10.1 Å². The van der Waals surface area contributed by atoms with Crippen molar-refractivity contribution in [2.24, 2.45) is 12.1 Å². The van der Waals surface area contributed by atoms with Crippen LogP contribution in [0.15, 0.2) is 47.7 Å². The van der Waals surface area contributed by atoms with Crippen LogP contribution in [0.4, 0.5) is 5.69 Å². The Bertz CT molecular complexity index is 676. The SMILES string of the molecule is Cn1cccc1/C=N/NC(=O)c1cccc([N+](=O)[O-])c1. The summed E-state index contributed by atoms with van der Waals surface area (Å²) in [4.78, 5) is 21.9. The van der Waals surface area contributed by atoms with Crippen LogP contribution in [0.2, 0.25) is 0 Å². The van der Waals surface area contributed by atoms with Gasteiger partial charge in [-0.2, -0.15) is 5.10 Å². The first kappa shape index (κ1) is 13.5. The van der Waals surface area contributed by atoms with E-state index in [9.17, 15) is 14.9 Å². The molecule has 0 aliphatic heterocycles. The second-order valence-corrected chi connectivity index (χ2v) is 4.05. The second kappa shape index (κ2) is 5.79. The number of non-ortho nitro benzene ring substituents is 1. The van der Waals surface area contributed by atoms with Crippen LogP contribution >= 0.6 is 0 Å². The highest BCUT2D eigenvalue weighted by Crippen LogP contribution is 2.12. The van der Waals surface area contributed by atoms with Gasteiger partial charge in [0.1, 0.15) is 0 Å². The molecule has 0 saturated heterocycles. The van der Waals surface area contributed by atoms with Gasteiger partial charge in [0.15, 0.2) is 0 Å². The lowest BCUT2D eigenvalue weighted by Gasteiger charge is -2.00. The number of nitrogens with one attached hydrogen (secondary N) is 1. The van der Waals surface area contributed by atoms with Crippen molar-refractivity contribution in [2.45, 2.75) is 0 Å². The minimum absolute atomic E-state index is 0.135. The number of amides is 1. The van der Waals surface area contributed by atoms with Crippen molar-refractivity contribution < 1.29 is 9.72 Å². The van der Waals surface area contributed by atoms with E-state index in [0.29, 0.717) is 0 Å².